The second-order valence-electron chi connectivity index (χ2n) is 7.56. The molecule has 1 aliphatic rings. The first-order chi connectivity index (χ1) is 14.0. The molecule has 0 spiro atoms. The zero-order valence-electron chi connectivity index (χ0n) is 16.7. The molecular weight excluding hydrogens is 406 g/mol. The molecule has 29 heavy (non-hydrogen) atoms. The number of anilines is 1. The highest BCUT2D eigenvalue weighted by Gasteiger charge is 2.25. The number of fused-ring (bicyclic) bond motifs is 1. The van der Waals surface area contributed by atoms with Crippen LogP contribution in [-0.2, 0) is 11.3 Å². The van der Waals surface area contributed by atoms with Crippen molar-refractivity contribution in [1.29, 1.82) is 0 Å². The number of thiophene rings is 1. The maximum atomic E-state index is 12.9. The smallest absolute Gasteiger partial charge is 0.348 e. The molecule has 1 aliphatic carbocycles. The second-order valence-corrected chi connectivity index (χ2v) is 8.90. The van der Waals surface area contributed by atoms with Crippen LogP contribution in [0.1, 0.15) is 52.9 Å². The molecule has 2 heterocycles. The van der Waals surface area contributed by atoms with Gasteiger partial charge < -0.3 is 9.64 Å². The summed E-state index contributed by atoms with van der Waals surface area (Å²) >= 11 is 7.55. The summed E-state index contributed by atoms with van der Waals surface area (Å²) in [4.78, 5) is 25.1. The van der Waals surface area contributed by atoms with Gasteiger partial charge in [0.15, 0.2) is 0 Å². The van der Waals surface area contributed by atoms with Crippen molar-refractivity contribution in [2.45, 2.75) is 51.7 Å². The first-order valence-corrected chi connectivity index (χ1v) is 11.1. The third kappa shape index (κ3) is 4.38. The lowest BCUT2D eigenvalue weighted by Crippen LogP contribution is -2.21. The van der Waals surface area contributed by atoms with Crippen molar-refractivity contribution in [3.05, 3.63) is 51.6 Å². The standard InChI is InChI=1S/C22H24ClN3O2S/c1-14-17-19(26(2)13-15-9-5-3-6-10-15)24-22(23)25-20(17)29-18(14)21(27)28-16-11-7-4-8-12-16/h3,5-6,9-10,16H,4,7-8,11-13H2,1-2H3. The van der Waals surface area contributed by atoms with Crippen LogP contribution in [0.2, 0.25) is 5.28 Å². The molecule has 0 amide bonds. The van der Waals surface area contributed by atoms with Crippen LogP contribution in [0.15, 0.2) is 30.3 Å². The van der Waals surface area contributed by atoms with Crippen molar-refractivity contribution in [1.82, 2.24) is 9.97 Å². The topological polar surface area (TPSA) is 55.3 Å². The normalized spacial score (nSPS) is 14.9. The van der Waals surface area contributed by atoms with E-state index in [4.69, 9.17) is 16.3 Å². The minimum absolute atomic E-state index is 0.0239. The van der Waals surface area contributed by atoms with Gasteiger partial charge in [0.25, 0.3) is 0 Å². The summed E-state index contributed by atoms with van der Waals surface area (Å²) in [6.07, 6.45) is 5.40. The fourth-order valence-electron chi connectivity index (χ4n) is 3.88. The third-order valence-corrected chi connectivity index (χ3v) is 6.71. The number of esters is 1. The van der Waals surface area contributed by atoms with Gasteiger partial charge in [0.1, 0.15) is 21.6 Å². The zero-order valence-corrected chi connectivity index (χ0v) is 18.2. The van der Waals surface area contributed by atoms with E-state index >= 15 is 0 Å². The quantitative estimate of drug-likeness (QED) is 0.380. The molecule has 1 saturated carbocycles. The molecule has 0 aliphatic heterocycles. The summed E-state index contributed by atoms with van der Waals surface area (Å²) in [5.41, 5.74) is 2.03. The number of aryl methyl sites for hydroxylation is 1. The lowest BCUT2D eigenvalue weighted by molar-refractivity contribution is 0.0216. The minimum atomic E-state index is -0.259. The van der Waals surface area contributed by atoms with Gasteiger partial charge in [-0.2, -0.15) is 4.98 Å². The predicted molar refractivity (Wildman–Crippen MR) is 118 cm³/mol. The van der Waals surface area contributed by atoms with E-state index < -0.39 is 0 Å². The number of ether oxygens (including phenoxy) is 1. The molecular formula is C22H24ClN3O2S. The summed E-state index contributed by atoms with van der Waals surface area (Å²) in [6, 6.07) is 10.2. The Hall–Kier alpha value is -2.18. The molecule has 0 atom stereocenters. The molecule has 152 valence electrons. The Bertz CT molecular complexity index is 1020. The number of benzene rings is 1. The van der Waals surface area contributed by atoms with Gasteiger partial charge >= 0.3 is 5.97 Å². The van der Waals surface area contributed by atoms with E-state index in [0.29, 0.717) is 16.3 Å². The van der Waals surface area contributed by atoms with Gasteiger partial charge in [0.2, 0.25) is 5.28 Å². The Morgan fingerprint density at radius 2 is 1.93 bits per heavy atom. The summed E-state index contributed by atoms with van der Waals surface area (Å²) in [6.45, 7) is 2.62. The lowest BCUT2D eigenvalue weighted by Gasteiger charge is -2.21. The average Bonchev–Trinajstić information content (AvgIpc) is 3.05. The Morgan fingerprint density at radius 1 is 1.21 bits per heavy atom. The van der Waals surface area contributed by atoms with Gasteiger partial charge in [0, 0.05) is 13.6 Å². The van der Waals surface area contributed by atoms with E-state index in [1.807, 2.05) is 37.1 Å². The van der Waals surface area contributed by atoms with Gasteiger partial charge in [-0.3, -0.25) is 0 Å². The number of rotatable bonds is 5. The van der Waals surface area contributed by atoms with Crippen LogP contribution >= 0.6 is 22.9 Å². The zero-order chi connectivity index (χ0) is 20.4. The van der Waals surface area contributed by atoms with Crippen LogP contribution in [0, 0.1) is 6.92 Å². The second kappa shape index (κ2) is 8.67. The largest absolute Gasteiger partial charge is 0.458 e. The lowest BCUT2D eigenvalue weighted by atomic mass is 9.98. The summed E-state index contributed by atoms with van der Waals surface area (Å²) in [5, 5.41) is 1.05. The van der Waals surface area contributed by atoms with Crippen molar-refractivity contribution in [3.63, 3.8) is 0 Å². The van der Waals surface area contributed by atoms with E-state index in [0.717, 1.165) is 42.5 Å². The van der Waals surface area contributed by atoms with Crippen LogP contribution in [0.25, 0.3) is 10.2 Å². The Labute approximate surface area is 179 Å². The number of carbonyl (C=O) groups excluding carboxylic acids is 1. The van der Waals surface area contributed by atoms with Gasteiger partial charge in [-0.25, -0.2) is 9.78 Å². The Kier molecular flexibility index (Phi) is 6.01. The third-order valence-electron chi connectivity index (χ3n) is 5.38. The number of nitrogens with zero attached hydrogens (tertiary/aromatic N) is 3. The minimum Gasteiger partial charge on any atom is -0.458 e. The maximum absolute atomic E-state index is 12.9. The molecule has 2 aromatic heterocycles. The van der Waals surface area contributed by atoms with E-state index in [1.54, 1.807) is 0 Å². The summed E-state index contributed by atoms with van der Waals surface area (Å²) in [5.74, 6) is 0.472. The van der Waals surface area contributed by atoms with Crippen LogP contribution in [0.5, 0.6) is 0 Å². The molecule has 0 bridgehead atoms. The van der Waals surface area contributed by atoms with E-state index in [-0.39, 0.29) is 17.4 Å². The van der Waals surface area contributed by atoms with Gasteiger partial charge in [0.05, 0.1) is 5.39 Å². The first-order valence-electron chi connectivity index (χ1n) is 9.95. The number of carbonyl (C=O) groups is 1. The molecule has 3 aromatic rings. The Morgan fingerprint density at radius 3 is 2.66 bits per heavy atom. The predicted octanol–water partition coefficient (Wildman–Crippen LogP) is 5.78. The highest BCUT2D eigenvalue weighted by molar-refractivity contribution is 7.20. The molecule has 0 unspecified atom stereocenters. The van der Waals surface area contributed by atoms with E-state index in [9.17, 15) is 4.79 Å². The maximum Gasteiger partial charge on any atom is 0.348 e. The molecule has 0 N–H and O–H groups in total. The molecule has 1 aromatic carbocycles. The molecule has 5 nitrogen and oxygen atoms in total. The van der Waals surface area contributed by atoms with Crippen LogP contribution in [0.4, 0.5) is 5.82 Å². The number of halogens is 1. The number of hydrogen-bond acceptors (Lipinski definition) is 6. The average molecular weight is 430 g/mol. The fraction of sp³-hybridized carbons (Fsp3) is 0.409. The van der Waals surface area contributed by atoms with Crippen LogP contribution in [-0.4, -0.2) is 29.1 Å². The van der Waals surface area contributed by atoms with Crippen LogP contribution in [0.3, 0.4) is 0 Å². The molecule has 0 radical (unpaired) electrons. The van der Waals surface area contributed by atoms with Gasteiger partial charge in [-0.1, -0.05) is 36.8 Å². The monoisotopic (exact) mass is 429 g/mol. The molecule has 0 saturated heterocycles. The summed E-state index contributed by atoms with van der Waals surface area (Å²) in [7, 11) is 1.97. The van der Waals surface area contributed by atoms with Crippen molar-refractivity contribution in [2.24, 2.45) is 0 Å². The fourth-order valence-corrected chi connectivity index (χ4v) is 5.16. The highest BCUT2D eigenvalue weighted by Crippen LogP contribution is 2.37. The van der Waals surface area contributed by atoms with Crippen molar-refractivity contribution in [2.75, 3.05) is 11.9 Å². The van der Waals surface area contributed by atoms with Gasteiger partial charge in [-0.05, 0) is 55.3 Å². The highest BCUT2D eigenvalue weighted by atomic mass is 35.5. The van der Waals surface area contributed by atoms with E-state index in [1.165, 1.54) is 23.3 Å². The van der Waals surface area contributed by atoms with Gasteiger partial charge in [-0.15, -0.1) is 11.3 Å². The molecule has 7 heteroatoms. The van der Waals surface area contributed by atoms with E-state index in [2.05, 4.69) is 22.1 Å². The number of hydrogen-bond donors (Lipinski definition) is 0. The van der Waals surface area contributed by atoms with Crippen molar-refractivity contribution < 1.29 is 9.53 Å². The van der Waals surface area contributed by atoms with Crippen molar-refractivity contribution >= 4 is 44.9 Å². The SMILES string of the molecule is Cc1c(C(=O)OC2CCCCC2)sc2nc(Cl)nc(N(C)Cc3ccccc3)c12. The first kappa shape index (κ1) is 20.1. The number of aromatic nitrogens is 2. The Balaban J connectivity index is 1.66. The molecule has 4 rings (SSSR count). The van der Waals surface area contributed by atoms with Crippen molar-refractivity contribution in [3.8, 4) is 0 Å². The molecule has 1 fully saturated rings. The van der Waals surface area contributed by atoms with Crippen LogP contribution < -0.4 is 4.90 Å². The summed E-state index contributed by atoms with van der Waals surface area (Å²) < 4.78 is 5.79.